The van der Waals surface area contributed by atoms with Crippen molar-refractivity contribution in [1.29, 1.82) is 0 Å². The number of Topliss-reactive ketones (excluding diaryl/α,β-unsaturated/α-hetero) is 1. The predicted octanol–water partition coefficient (Wildman–Crippen LogP) is 2.23. The van der Waals surface area contributed by atoms with E-state index < -0.39 is 0 Å². The zero-order valence-corrected chi connectivity index (χ0v) is 6.79. The summed E-state index contributed by atoms with van der Waals surface area (Å²) in [4.78, 5) is 11.4. The van der Waals surface area contributed by atoms with Crippen molar-refractivity contribution < 1.29 is 4.79 Å². The molecule has 0 unspecified atom stereocenters. The van der Waals surface area contributed by atoms with Gasteiger partial charge in [-0.25, -0.2) is 0 Å². The fourth-order valence-electron chi connectivity index (χ4n) is 2.62. The molecule has 2 atom stereocenters. The zero-order chi connectivity index (χ0) is 8.13. The molecule has 2 bridgehead atoms. The normalized spacial score (nSPS) is 30.8. The van der Waals surface area contributed by atoms with Crippen LogP contribution < -0.4 is 0 Å². The summed E-state index contributed by atoms with van der Waals surface area (Å²) in [6, 6.07) is 8.39. The lowest BCUT2D eigenvalue weighted by atomic mass is 9.91. The molecular weight excluding hydrogens is 148 g/mol. The van der Waals surface area contributed by atoms with Crippen LogP contribution in [0.15, 0.2) is 24.3 Å². The molecule has 1 aromatic carbocycles. The number of hydrogen-bond acceptors (Lipinski definition) is 1. The lowest BCUT2D eigenvalue weighted by Gasteiger charge is -2.12. The fourth-order valence-corrected chi connectivity index (χ4v) is 2.62. The van der Waals surface area contributed by atoms with Crippen LogP contribution in [0.3, 0.4) is 0 Å². The molecule has 1 saturated carbocycles. The number of benzene rings is 1. The van der Waals surface area contributed by atoms with Crippen LogP contribution in [0, 0.1) is 0 Å². The molecule has 3 rings (SSSR count). The van der Waals surface area contributed by atoms with E-state index in [0.717, 1.165) is 12.8 Å². The van der Waals surface area contributed by atoms with Crippen LogP contribution in [0.4, 0.5) is 0 Å². The maximum atomic E-state index is 11.4. The molecule has 60 valence electrons. The second-order valence-electron chi connectivity index (χ2n) is 3.78. The number of carbonyl (C=O) groups excluding carboxylic acids is 1. The Morgan fingerprint density at radius 3 is 2.75 bits per heavy atom. The molecule has 0 spiro atoms. The summed E-state index contributed by atoms with van der Waals surface area (Å²) >= 11 is 0. The molecule has 0 amide bonds. The van der Waals surface area contributed by atoms with E-state index in [9.17, 15) is 4.79 Å². The third-order valence-corrected chi connectivity index (χ3v) is 3.17. The third-order valence-electron chi connectivity index (χ3n) is 3.17. The first kappa shape index (κ1) is 6.41. The summed E-state index contributed by atoms with van der Waals surface area (Å²) in [5, 5.41) is 0. The number of hydrogen-bond donors (Lipinski definition) is 0. The summed E-state index contributed by atoms with van der Waals surface area (Å²) in [7, 11) is 0. The van der Waals surface area contributed by atoms with Crippen LogP contribution >= 0.6 is 0 Å². The minimum absolute atomic E-state index is 0.256. The Labute approximate surface area is 71.4 Å². The molecule has 0 N–H and O–H groups in total. The first-order valence-corrected chi connectivity index (χ1v) is 4.48. The summed E-state index contributed by atoms with van der Waals surface area (Å²) in [5.74, 6) is 1.27. The van der Waals surface area contributed by atoms with Gasteiger partial charge in [-0.3, -0.25) is 4.79 Å². The van der Waals surface area contributed by atoms with Crippen molar-refractivity contribution in [2.75, 3.05) is 0 Å². The van der Waals surface area contributed by atoms with Gasteiger partial charge in [0.05, 0.1) is 0 Å². The van der Waals surface area contributed by atoms with Crippen molar-refractivity contribution >= 4 is 5.78 Å². The highest BCUT2D eigenvalue weighted by molar-refractivity contribution is 5.91. The van der Waals surface area contributed by atoms with Gasteiger partial charge in [0.15, 0.2) is 0 Å². The predicted molar refractivity (Wildman–Crippen MR) is 46.2 cm³/mol. The zero-order valence-electron chi connectivity index (χ0n) is 6.79. The lowest BCUT2D eigenvalue weighted by molar-refractivity contribution is -0.118. The highest BCUT2D eigenvalue weighted by atomic mass is 16.1. The highest BCUT2D eigenvalue weighted by Gasteiger charge is 2.42. The summed E-state index contributed by atoms with van der Waals surface area (Å²) in [6.07, 6.45) is 1.87. The number of rotatable bonds is 0. The van der Waals surface area contributed by atoms with Gasteiger partial charge in [-0.15, -0.1) is 0 Å². The summed E-state index contributed by atoms with van der Waals surface area (Å²) < 4.78 is 0. The maximum absolute atomic E-state index is 11.4. The number of fused-ring (bicyclic) bond motifs is 5. The maximum Gasteiger partial charge on any atom is 0.140 e. The van der Waals surface area contributed by atoms with Gasteiger partial charge in [-0.1, -0.05) is 24.3 Å². The average molecular weight is 158 g/mol. The van der Waals surface area contributed by atoms with Crippen LogP contribution in [0.2, 0.25) is 0 Å². The smallest absolute Gasteiger partial charge is 0.140 e. The van der Waals surface area contributed by atoms with E-state index in [1.54, 1.807) is 0 Å². The molecule has 1 fully saturated rings. The molecule has 2 aliphatic carbocycles. The lowest BCUT2D eigenvalue weighted by Crippen LogP contribution is -2.08. The molecule has 0 aliphatic heterocycles. The third kappa shape index (κ3) is 0.619. The quantitative estimate of drug-likeness (QED) is 0.566. The van der Waals surface area contributed by atoms with E-state index in [-0.39, 0.29) is 5.92 Å². The van der Waals surface area contributed by atoms with Crippen LogP contribution in [0.5, 0.6) is 0 Å². The minimum Gasteiger partial charge on any atom is -0.299 e. The van der Waals surface area contributed by atoms with Crippen LogP contribution in [0.25, 0.3) is 0 Å². The minimum atomic E-state index is 0.256. The fraction of sp³-hybridized carbons (Fsp3) is 0.364. The first-order valence-electron chi connectivity index (χ1n) is 4.48. The summed E-state index contributed by atoms with van der Waals surface area (Å²) in [5.41, 5.74) is 2.74. The van der Waals surface area contributed by atoms with Crippen molar-refractivity contribution in [1.82, 2.24) is 0 Å². The van der Waals surface area contributed by atoms with Gasteiger partial charge < -0.3 is 0 Å². The van der Waals surface area contributed by atoms with Crippen LogP contribution in [0.1, 0.15) is 35.8 Å². The SMILES string of the molecule is O=C1C[C@@H]2C[C@@H]1c1ccccc12. The van der Waals surface area contributed by atoms with Gasteiger partial charge in [0, 0.05) is 12.3 Å². The van der Waals surface area contributed by atoms with Crippen LogP contribution in [-0.4, -0.2) is 5.78 Å². The Morgan fingerprint density at radius 2 is 1.92 bits per heavy atom. The first-order chi connectivity index (χ1) is 5.86. The van der Waals surface area contributed by atoms with Crippen LogP contribution in [-0.2, 0) is 4.79 Å². The van der Waals surface area contributed by atoms with Gasteiger partial charge in [-0.2, -0.15) is 0 Å². The van der Waals surface area contributed by atoms with Gasteiger partial charge in [0.2, 0.25) is 0 Å². The van der Waals surface area contributed by atoms with Gasteiger partial charge >= 0.3 is 0 Å². The van der Waals surface area contributed by atoms with Crippen molar-refractivity contribution in [3.8, 4) is 0 Å². The Morgan fingerprint density at radius 1 is 1.17 bits per heavy atom. The van der Waals surface area contributed by atoms with Gasteiger partial charge in [0.25, 0.3) is 0 Å². The molecule has 0 heterocycles. The average Bonchev–Trinajstić information content (AvgIpc) is 2.62. The molecule has 1 nitrogen and oxygen atoms in total. The monoisotopic (exact) mass is 158 g/mol. The van der Waals surface area contributed by atoms with Crippen molar-refractivity contribution in [2.24, 2.45) is 0 Å². The molecule has 0 aromatic heterocycles. The molecule has 0 saturated heterocycles. The second-order valence-corrected chi connectivity index (χ2v) is 3.78. The Kier molecular flexibility index (Phi) is 1.06. The summed E-state index contributed by atoms with van der Waals surface area (Å²) in [6.45, 7) is 0. The number of ketones is 1. The van der Waals surface area contributed by atoms with Gasteiger partial charge in [0.1, 0.15) is 5.78 Å². The molecular formula is C11H10O. The molecule has 2 aliphatic rings. The number of carbonyl (C=O) groups is 1. The van der Waals surface area contributed by atoms with E-state index in [4.69, 9.17) is 0 Å². The van der Waals surface area contributed by atoms with E-state index in [1.807, 2.05) is 6.07 Å². The van der Waals surface area contributed by atoms with E-state index in [0.29, 0.717) is 11.7 Å². The molecule has 0 radical (unpaired) electrons. The van der Waals surface area contributed by atoms with Gasteiger partial charge in [-0.05, 0) is 23.5 Å². The molecule has 1 aromatic rings. The molecule has 1 heteroatoms. The van der Waals surface area contributed by atoms with Crippen molar-refractivity contribution in [2.45, 2.75) is 24.7 Å². The Hall–Kier alpha value is -1.11. The highest BCUT2D eigenvalue weighted by Crippen LogP contribution is 2.50. The van der Waals surface area contributed by atoms with E-state index in [1.165, 1.54) is 11.1 Å². The topological polar surface area (TPSA) is 17.1 Å². The Bertz CT molecular complexity index is 354. The second kappa shape index (κ2) is 1.98. The molecule has 12 heavy (non-hydrogen) atoms. The van der Waals surface area contributed by atoms with E-state index in [2.05, 4.69) is 18.2 Å². The van der Waals surface area contributed by atoms with Crippen molar-refractivity contribution in [3.63, 3.8) is 0 Å². The largest absolute Gasteiger partial charge is 0.299 e. The van der Waals surface area contributed by atoms with E-state index >= 15 is 0 Å². The Balaban J connectivity index is 2.23. The standard InChI is InChI=1S/C11H10O/c12-11-6-7-5-10(11)9-4-2-1-3-8(7)9/h1-4,7,10H,5-6H2/t7-,10+/m0/s1. The van der Waals surface area contributed by atoms with Crippen molar-refractivity contribution in [3.05, 3.63) is 35.4 Å².